The zero-order valence-electron chi connectivity index (χ0n) is 35.2. The number of Topliss-reactive ketones (excluding diaryl/α,β-unsaturated/α-hetero) is 1. The van der Waals surface area contributed by atoms with Gasteiger partial charge >= 0.3 is 0 Å². The number of fused-ring (bicyclic) bond motifs is 2. The Kier molecular flexibility index (Phi) is 14.2. The molecule has 14 heteroatoms. The number of benzene rings is 3. The first kappa shape index (κ1) is 44.3. The molecule has 0 spiro atoms. The topological polar surface area (TPSA) is 137 Å². The third-order valence-electron chi connectivity index (χ3n) is 12.7. The molecule has 3 amide bonds. The van der Waals surface area contributed by atoms with Crippen molar-refractivity contribution in [3.8, 4) is 22.8 Å². The molecule has 2 N–H and O–H groups in total. The second-order valence-electron chi connectivity index (χ2n) is 17.0. The van der Waals surface area contributed by atoms with E-state index < -0.39 is 35.9 Å². The van der Waals surface area contributed by atoms with Gasteiger partial charge in [-0.1, -0.05) is 48.3 Å². The Morgan fingerprint density at radius 3 is 2.31 bits per heavy atom. The van der Waals surface area contributed by atoms with E-state index in [0.29, 0.717) is 59.3 Å². The van der Waals surface area contributed by atoms with Crippen molar-refractivity contribution >= 4 is 46.7 Å². The Labute approximate surface area is 368 Å². The molecule has 0 unspecified atom stereocenters. The summed E-state index contributed by atoms with van der Waals surface area (Å²) in [6.07, 6.45) is 5.99. The Bertz CT molecular complexity index is 2210. The highest BCUT2D eigenvalue weighted by Gasteiger charge is 2.43. The van der Waals surface area contributed by atoms with Gasteiger partial charge in [0.05, 0.1) is 49.1 Å². The van der Waals surface area contributed by atoms with Crippen LogP contribution in [0.4, 0.5) is 0 Å². The fourth-order valence-corrected chi connectivity index (χ4v) is 9.28. The van der Waals surface area contributed by atoms with E-state index in [0.717, 1.165) is 42.3 Å². The molecule has 4 atom stereocenters. The van der Waals surface area contributed by atoms with Crippen LogP contribution in [0.3, 0.4) is 0 Å². The number of nitrogens with one attached hydrogen (secondary N) is 1. The molecule has 3 fully saturated rings. The lowest BCUT2D eigenvalue weighted by Gasteiger charge is -2.45. The summed E-state index contributed by atoms with van der Waals surface area (Å²) in [6.45, 7) is 6.63. The molecule has 0 aliphatic carbocycles. The van der Waals surface area contributed by atoms with Crippen molar-refractivity contribution in [1.82, 2.24) is 29.6 Å². The van der Waals surface area contributed by atoms with Gasteiger partial charge in [0, 0.05) is 60.1 Å². The minimum absolute atomic E-state index is 0.0281. The molecular formula is C47H56Cl2N6O6. The second-order valence-corrected chi connectivity index (χ2v) is 17.8. The summed E-state index contributed by atoms with van der Waals surface area (Å²) in [4.78, 5) is 67.3. The molecule has 1 aromatic heterocycles. The highest BCUT2D eigenvalue weighted by molar-refractivity contribution is 6.31. The highest BCUT2D eigenvalue weighted by Crippen LogP contribution is 2.34. The fourth-order valence-electron chi connectivity index (χ4n) is 8.99. The third-order valence-corrected chi connectivity index (χ3v) is 13.2. The number of halogens is 2. The molecular weight excluding hydrogens is 815 g/mol. The molecule has 3 saturated heterocycles. The SMILES string of the molecule is CC[C@@H]1CC(=O)N(Cc2ccc(Cl)cc2Oc2ccc(-c3cnc(CN4CCCC4)n3C)cc2)[C@@H](C)C(=O)C[C@@H](CO)C(=O)N[C@@]2(Cc3ccc(Cl)cc3)CCCN(C2)C1=O. The van der Waals surface area contributed by atoms with Crippen molar-refractivity contribution in [2.75, 3.05) is 32.8 Å². The number of aliphatic hydroxyl groups excluding tert-OH is 1. The monoisotopic (exact) mass is 870 g/mol. The number of amides is 3. The van der Waals surface area contributed by atoms with Gasteiger partial charge in [0.2, 0.25) is 17.7 Å². The summed E-state index contributed by atoms with van der Waals surface area (Å²) >= 11 is 12.7. The summed E-state index contributed by atoms with van der Waals surface area (Å²) in [6, 6.07) is 19.2. The molecule has 3 aliphatic heterocycles. The maximum atomic E-state index is 14.5. The summed E-state index contributed by atoms with van der Waals surface area (Å²) in [5.74, 6) is -1.16. The van der Waals surface area contributed by atoms with Gasteiger partial charge in [0.15, 0.2) is 5.78 Å². The van der Waals surface area contributed by atoms with Crippen molar-refractivity contribution in [1.29, 1.82) is 0 Å². The number of carbonyl (C=O) groups is 4. The van der Waals surface area contributed by atoms with E-state index in [1.54, 1.807) is 42.2 Å². The number of aliphatic hydroxyl groups is 1. The van der Waals surface area contributed by atoms with Crippen molar-refractivity contribution in [3.05, 3.63) is 99.9 Å². The van der Waals surface area contributed by atoms with Crippen molar-refractivity contribution < 1.29 is 29.0 Å². The Morgan fingerprint density at radius 2 is 1.61 bits per heavy atom. The van der Waals surface area contributed by atoms with Crippen LogP contribution in [0.1, 0.15) is 75.7 Å². The van der Waals surface area contributed by atoms with Gasteiger partial charge < -0.3 is 29.5 Å². The van der Waals surface area contributed by atoms with Crippen LogP contribution in [-0.2, 0) is 45.7 Å². The van der Waals surface area contributed by atoms with E-state index in [1.807, 2.05) is 56.6 Å². The zero-order chi connectivity index (χ0) is 43.3. The molecule has 3 aromatic carbocycles. The van der Waals surface area contributed by atoms with E-state index in [2.05, 4.69) is 14.8 Å². The van der Waals surface area contributed by atoms with Crippen molar-refractivity contribution in [2.45, 2.75) is 89.9 Å². The molecule has 0 radical (unpaired) electrons. The third kappa shape index (κ3) is 10.5. The van der Waals surface area contributed by atoms with E-state index in [4.69, 9.17) is 32.9 Å². The number of ether oxygens (including phenoxy) is 1. The molecule has 4 heterocycles. The normalized spacial score (nSPS) is 23.3. The second kappa shape index (κ2) is 19.5. The Morgan fingerprint density at radius 1 is 0.885 bits per heavy atom. The van der Waals surface area contributed by atoms with Crippen LogP contribution >= 0.6 is 23.2 Å². The number of ketones is 1. The number of rotatable bonds is 11. The summed E-state index contributed by atoms with van der Waals surface area (Å²) < 4.78 is 8.56. The first-order valence-electron chi connectivity index (χ1n) is 21.4. The van der Waals surface area contributed by atoms with Crippen LogP contribution in [0.5, 0.6) is 11.5 Å². The maximum Gasteiger partial charge on any atom is 0.226 e. The lowest BCUT2D eigenvalue weighted by Crippen LogP contribution is -2.62. The van der Waals surface area contributed by atoms with Gasteiger partial charge in [0.1, 0.15) is 17.3 Å². The average molecular weight is 872 g/mol. The van der Waals surface area contributed by atoms with Gasteiger partial charge in [-0.2, -0.15) is 0 Å². The number of hydrogen-bond acceptors (Lipinski definition) is 8. The average Bonchev–Trinajstić information content (AvgIpc) is 3.91. The standard InChI is InChI=1S/C47H56Cl2N6O6/c1-4-33-23-44(58)55(31(2)41(57)22-36(29-56)45(59)51-47(18-7-21-54(30-47)46(33)60)25-32-8-13-37(48)14-9-32)27-35-10-15-38(49)24-42(35)61-39-16-11-34(12-17-39)40-26-50-43(52(40)3)28-53-19-5-6-20-53/h8-17,24,26,31,33,36,56H,4-7,18-23,25,27-30H2,1-3H3,(H,51,59)/t31-,33+,36-,47+/m0/s1. The number of nitrogens with zero attached hydrogens (tertiary/aromatic N) is 5. The molecule has 0 saturated carbocycles. The number of hydrogen-bond donors (Lipinski definition) is 2. The van der Waals surface area contributed by atoms with Gasteiger partial charge in [-0.05, 0) is 113 Å². The minimum atomic E-state index is -1.06. The van der Waals surface area contributed by atoms with Crippen molar-refractivity contribution in [3.63, 3.8) is 0 Å². The number of aromatic nitrogens is 2. The van der Waals surface area contributed by atoms with Crippen LogP contribution < -0.4 is 10.1 Å². The predicted octanol–water partition coefficient (Wildman–Crippen LogP) is 7.22. The van der Waals surface area contributed by atoms with E-state index in [1.165, 1.54) is 17.7 Å². The largest absolute Gasteiger partial charge is 0.457 e. The molecule has 61 heavy (non-hydrogen) atoms. The molecule has 7 rings (SSSR count). The summed E-state index contributed by atoms with van der Waals surface area (Å²) in [5.41, 5.74) is 2.65. The predicted molar refractivity (Wildman–Crippen MR) is 235 cm³/mol. The minimum Gasteiger partial charge on any atom is -0.457 e. The zero-order valence-corrected chi connectivity index (χ0v) is 36.8. The van der Waals surface area contributed by atoms with E-state index in [-0.39, 0.29) is 43.5 Å². The summed E-state index contributed by atoms with van der Waals surface area (Å²) in [5, 5.41) is 14.7. The van der Waals surface area contributed by atoms with E-state index in [9.17, 15) is 24.3 Å². The first-order chi connectivity index (χ1) is 29.3. The molecule has 3 aliphatic rings. The van der Waals surface area contributed by atoms with Gasteiger partial charge in [-0.15, -0.1) is 0 Å². The molecule has 2 bridgehead atoms. The number of carbonyl (C=O) groups excluding carboxylic acids is 4. The quantitative estimate of drug-likeness (QED) is 0.161. The van der Waals surface area contributed by atoms with Gasteiger partial charge in [-0.25, -0.2) is 4.98 Å². The van der Waals surface area contributed by atoms with E-state index >= 15 is 0 Å². The Balaban J connectivity index is 1.13. The van der Waals surface area contributed by atoms with Crippen LogP contribution in [-0.4, -0.2) is 97.2 Å². The molecule has 4 aromatic rings. The number of likely N-dealkylation sites (tertiary alicyclic amines) is 1. The van der Waals surface area contributed by atoms with Crippen LogP contribution in [0.2, 0.25) is 10.0 Å². The van der Waals surface area contributed by atoms with Gasteiger partial charge in [-0.3, -0.25) is 24.1 Å². The lowest BCUT2D eigenvalue weighted by atomic mass is 9.81. The fraction of sp³-hybridized carbons (Fsp3) is 0.468. The van der Waals surface area contributed by atoms with Crippen LogP contribution in [0.25, 0.3) is 11.3 Å². The molecule has 324 valence electrons. The number of piperidine rings is 1. The summed E-state index contributed by atoms with van der Waals surface area (Å²) in [7, 11) is 2.03. The number of imidazole rings is 1. The first-order valence-corrected chi connectivity index (χ1v) is 22.2. The van der Waals surface area contributed by atoms with Crippen LogP contribution in [0.15, 0.2) is 72.9 Å². The maximum absolute atomic E-state index is 14.5. The van der Waals surface area contributed by atoms with Crippen LogP contribution in [0, 0.1) is 11.8 Å². The highest BCUT2D eigenvalue weighted by atomic mass is 35.5. The lowest BCUT2D eigenvalue weighted by molar-refractivity contribution is -0.147. The Hall–Kier alpha value is -4.75. The van der Waals surface area contributed by atoms with Gasteiger partial charge in [0.25, 0.3) is 0 Å². The smallest absolute Gasteiger partial charge is 0.226 e. The molecule has 12 nitrogen and oxygen atoms in total. The van der Waals surface area contributed by atoms with Crippen molar-refractivity contribution in [2.24, 2.45) is 18.9 Å².